The second kappa shape index (κ2) is 5.12. The summed E-state index contributed by atoms with van der Waals surface area (Å²) in [6.07, 6.45) is 4.12. The summed E-state index contributed by atoms with van der Waals surface area (Å²) in [5.74, 6) is 0.0930. The van der Waals surface area contributed by atoms with Gasteiger partial charge in [0.15, 0.2) is 0 Å². The van der Waals surface area contributed by atoms with Crippen LogP contribution in [-0.2, 0) is 10.3 Å². The van der Waals surface area contributed by atoms with E-state index in [1.165, 1.54) is 0 Å². The van der Waals surface area contributed by atoms with Crippen molar-refractivity contribution in [3.63, 3.8) is 0 Å². The summed E-state index contributed by atoms with van der Waals surface area (Å²) >= 11 is 0. The number of rotatable bonds is 3. The van der Waals surface area contributed by atoms with Crippen molar-refractivity contribution in [1.82, 2.24) is 9.88 Å². The first-order valence-corrected chi connectivity index (χ1v) is 5.98. The Labute approximate surface area is 102 Å². The van der Waals surface area contributed by atoms with Crippen molar-refractivity contribution >= 4 is 0 Å². The molecule has 0 bridgehead atoms. The van der Waals surface area contributed by atoms with Gasteiger partial charge in [0.05, 0.1) is 12.2 Å². The number of ether oxygens (including phenoxy) is 1. The van der Waals surface area contributed by atoms with Crippen LogP contribution >= 0.6 is 0 Å². The van der Waals surface area contributed by atoms with Crippen LogP contribution in [0, 0.1) is 5.92 Å². The summed E-state index contributed by atoms with van der Waals surface area (Å²) in [6.45, 7) is 2.02. The molecule has 1 saturated heterocycles. The molecule has 0 radical (unpaired) electrons. The van der Waals surface area contributed by atoms with Crippen LogP contribution in [0.3, 0.4) is 0 Å². The number of aliphatic hydroxyl groups is 1. The molecule has 0 aromatic carbocycles. The summed E-state index contributed by atoms with van der Waals surface area (Å²) < 4.78 is 5.49. The van der Waals surface area contributed by atoms with Crippen molar-refractivity contribution in [3.05, 3.63) is 30.1 Å². The highest BCUT2D eigenvalue weighted by molar-refractivity contribution is 5.20. The van der Waals surface area contributed by atoms with Crippen LogP contribution in [-0.4, -0.2) is 48.8 Å². The van der Waals surface area contributed by atoms with Crippen molar-refractivity contribution in [2.45, 2.75) is 12.0 Å². The average molecular weight is 236 g/mol. The van der Waals surface area contributed by atoms with Gasteiger partial charge < -0.3 is 14.7 Å². The molecule has 1 N–H and O–H groups in total. The van der Waals surface area contributed by atoms with E-state index < -0.39 is 5.60 Å². The van der Waals surface area contributed by atoms with E-state index in [4.69, 9.17) is 4.74 Å². The summed E-state index contributed by atoms with van der Waals surface area (Å²) in [6, 6.07) is 3.82. The first-order valence-electron chi connectivity index (χ1n) is 5.98. The molecule has 0 aliphatic carbocycles. The van der Waals surface area contributed by atoms with Gasteiger partial charge in [-0.05, 0) is 20.2 Å². The maximum Gasteiger partial charge on any atom is 0.0995 e. The zero-order valence-corrected chi connectivity index (χ0v) is 10.5. The fourth-order valence-electron chi connectivity index (χ4n) is 2.44. The Kier molecular flexibility index (Phi) is 3.76. The zero-order chi connectivity index (χ0) is 12.3. The van der Waals surface area contributed by atoms with Gasteiger partial charge in [0.25, 0.3) is 0 Å². The van der Waals surface area contributed by atoms with Gasteiger partial charge in [-0.25, -0.2) is 0 Å². The molecule has 0 amide bonds. The number of aromatic nitrogens is 1. The highest BCUT2D eigenvalue weighted by atomic mass is 16.5. The van der Waals surface area contributed by atoms with Crippen molar-refractivity contribution in [2.24, 2.45) is 5.92 Å². The zero-order valence-electron chi connectivity index (χ0n) is 10.5. The van der Waals surface area contributed by atoms with Crippen LogP contribution in [0.15, 0.2) is 24.5 Å². The molecule has 0 spiro atoms. The van der Waals surface area contributed by atoms with E-state index in [-0.39, 0.29) is 5.92 Å². The van der Waals surface area contributed by atoms with Crippen LogP contribution in [0.4, 0.5) is 0 Å². The average Bonchev–Trinajstić information content (AvgIpc) is 2.33. The molecule has 17 heavy (non-hydrogen) atoms. The standard InChI is InChI=1S/C13H20N2O2/c1-15(2)9-12-10-17-7-5-13(12,16)11-4-3-6-14-8-11/h3-4,6,8,12,16H,5,7,9-10H2,1-2H3. The van der Waals surface area contributed by atoms with E-state index in [1.807, 2.05) is 26.2 Å². The first kappa shape index (κ1) is 12.5. The van der Waals surface area contributed by atoms with Gasteiger partial charge in [-0.2, -0.15) is 0 Å². The van der Waals surface area contributed by atoms with E-state index >= 15 is 0 Å². The molecule has 0 saturated carbocycles. The lowest BCUT2D eigenvalue weighted by atomic mass is 9.78. The third-order valence-corrected chi connectivity index (χ3v) is 3.37. The van der Waals surface area contributed by atoms with E-state index in [2.05, 4.69) is 9.88 Å². The molecular weight excluding hydrogens is 216 g/mol. The maximum absolute atomic E-state index is 10.9. The maximum atomic E-state index is 10.9. The van der Waals surface area contributed by atoms with Crippen LogP contribution in [0.25, 0.3) is 0 Å². The van der Waals surface area contributed by atoms with Gasteiger partial charge >= 0.3 is 0 Å². The molecule has 4 heteroatoms. The van der Waals surface area contributed by atoms with Gasteiger partial charge in [0.2, 0.25) is 0 Å². The fraction of sp³-hybridized carbons (Fsp3) is 0.615. The molecule has 4 nitrogen and oxygen atoms in total. The largest absolute Gasteiger partial charge is 0.385 e. The number of hydrogen-bond acceptors (Lipinski definition) is 4. The predicted octanol–water partition coefficient (Wildman–Crippen LogP) is 0.867. The molecule has 1 fully saturated rings. The summed E-state index contributed by atoms with van der Waals surface area (Å²) in [5, 5.41) is 10.9. The number of hydrogen-bond donors (Lipinski definition) is 1. The third kappa shape index (κ3) is 2.65. The van der Waals surface area contributed by atoms with Gasteiger partial charge in [0, 0.05) is 43.4 Å². The van der Waals surface area contributed by atoms with E-state index in [0.29, 0.717) is 19.6 Å². The van der Waals surface area contributed by atoms with E-state index in [1.54, 1.807) is 12.4 Å². The summed E-state index contributed by atoms with van der Waals surface area (Å²) in [4.78, 5) is 6.19. The molecular formula is C13H20N2O2. The Morgan fingerprint density at radius 2 is 2.41 bits per heavy atom. The second-order valence-electron chi connectivity index (χ2n) is 4.95. The topological polar surface area (TPSA) is 45.6 Å². The monoisotopic (exact) mass is 236 g/mol. The molecule has 2 rings (SSSR count). The van der Waals surface area contributed by atoms with E-state index in [0.717, 1.165) is 12.1 Å². The Hall–Kier alpha value is -0.970. The number of nitrogens with zero attached hydrogens (tertiary/aromatic N) is 2. The molecule has 94 valence electrons. The van der Waals surface area contributed by atoms with Gasteiger partial charge in [0.1, 0.15) is 0 Å². The highest BCUT2D eigenvalue weighted by Crippen LogP contribution is 2.36. The lowest BCUT2D eigenvalue weighted by Crippen LogP contribution is -2.47. The van der Waals surface area contributed by atoms with Gasteiger partial charge in [-0.3, -0.25) is 4.98 Å². The minimum atomic E-state index is -0.809. The van der Waals surface area contributed by atoms with Gasteiger partial charge in [-0.15, -0.1) is 0 Å². The Bertz CT molecular complexity index is 356. The van der Waals surface area contributed by atoms with Crippen molar-refractivity contribution in [3.8, 4) is 0 Å². The van der Waals surface area contributed by atoms with Crippen LogP contribution in [0.1, 0.15) is 12.0 Å². The lowest BCUT2D eigenvalue weighted by molar-refractivity contribution is -0.123. The molecule has 1 aromatic heterocycles. The number of pyridine rings is 1. The van der Waals surface area contributed by atoms with Crippen LogP contribution in [0.5, 0.6) is 0 Å². The van der Waals surface area contributed by atoms with E-state index in [9.17, 15) is 5.11 Å². The normalized spacial score (nSPS) is 29.5. The Morgan fingerprint density at radius 3 is 3.06 bits per heavy atom. The molecule has 2 atom stereocenters. The van der Waals surface area contributed by atoms with Crippen LogP contribution in [0.2, 0.25) is 0 Å². The Balaban J connectivity index is 2.25. The van der Waals surface area contributed by atoms with Crippen molar-refractivity contribution in [2.75, 3.05) is 33.9 Å². The predicted molar refractivity (Wildman–Crippen MR) is 65.6 cm³/mol. The second-order valence-corrected chi connectivity index (χ2v) is 4.95. The summed E-state index contributed by atoms with van der Waals surface area (Å²) in [7, 11) is 4.02. The summed E-state index contributed by atoms with van der Waals surface area (Å²) in [5.41, 5.74) is 0.0895. The van der Waals surface area contributed by atoms with Crippen molar-refractivity contribution in [1.29, 1.82) is 0 Å². The molecule has 1 aromatic rings. The Morgan fingerprint density at radius 1 is 1.59 bits per heavy atom. The quantitative estimate of drug-likeness (QED) is 0.846. The molecule has 1 aliphatic rings. The minimum Gasteiger partial charge on any atom is -0.385 e. The first-order chi connectivity index (χ1) is 8.13. The fourth-order valence-corrected chi connectivity index (χ4v) is 2.44. The van der Waals surface area contributed by atoms with Crippen LogP contribution < -0.4 is 0 Å². The third-order valence-electron chi connectivity index (χ3n) is 3.37. The van der Waals surface area contributed by atoms with Gasteiger partial charge in [-0.1, -0.05) is 6.07 Å². The SMILES string of the molecule is CN(C)CC1COCCC1(O)c1cccnc1. The molecule has 1 aliphatic heterocycles. The smallest absolute Gasteiger partial charge is 0.0995 e. The highest BCUT2D eigenvalue weighted by Gasteiger charge is 2.41. The molecule has 2 unspecified atom stereocenters. The minimum absolute atomic E-state index is 0.0930. The van der Waals surface area contributed by atoms with Crippen molar-refractivity contribution < 1.29 is 9.84 Å². The lowest BCUT2D eigenvalue weighted by Gasteiger charge is -2.41. The molecule has 2 heterocycles.